The predicted molar refractivity (Wildman–Crippen MR) is 128 cm³/mol. The van der Waals surface area contributed by atoms with E-state index in [9.17, 15) is 9.59 Å². The first-order chi connectivity index (χ1) is 16.1. The van der Waals surface area contributed by atoms with Gasteiger partial charge in [0.1, 0.15) is 22.8 Å². The van der Waals surface area contributed by atoms with Crippen LogP contribution in [0.1, 0.15) is 42.1 Å². The molecule has 1 fully saturated rings. The molecular formula is C28H25NO4. The van der Waals surface area contributed by atoms with Gasteiger partial charge in [-0.2, -0.15) is 0 Å². The number of Topliss-reactive ketones (excluding diaryl/α,β-unsaturated/α-hetero) is 1. The van der Waals surface area contributed by atoms with Crippen LogP contribution in [-0.2, 0) is 9.53 Å². The van der Waals surface area contributed by atoms with Crippen LogP contribution in [0.4, 0.5) is 5.69 Å². The van der Waals surface area contributed by atoms with E-state index in [1.165, 1.54) is 24.9 Å². The summed E-state index contributed by atoms with van der Waals surface area (Å²) < 4.78 is 11.2. The van der Waals surface area contributed by atoms with E-state index in [1.807, 2.05) is 12.2 Å². The Hall–Kier alpha value is -3.86. The second-order valence-corrected chi connectivity index (χ2v) is 8.42. The Bertz CT molecular complexity index is 1220. The zero-order valence-corrected chi connectivity index (χ0v) is 18.5. The van der Waals surface area contributed by atoms with Crippen molar-refractivity contribution < 1.29 is 19.1 Å². The van der Waals surface area contributed by atoms with E-state index in [0.717, 1.165) is 18.7 Å². The number of carbonyl (C=O) groups is 2. The lowest BCUT2D eigenvalue weighted by atomic mass is 9.94. The molecule has 3 aliphatic heterocycles. The van der Waals surface area contributed by atoms with Crippen LogP contribution in [0, 0.1) is 0 Å². The number of para-hydroxylation sites is 1. The Morgan fingerprint density at radius 3 is 2.39 bits per heavy atom. The van der Waals surface area contributed by atoms with Crippen molar-refractivity contribution in [3.8, 4) is 5.75 Å². The van der Waals surface area contributed by atoms with E-state index >= 15 is 0 Å². The highest BCUT2D eigenvalue weighted by Gasteiger charge is 2.33. The molecule has 2 aromatic carbocycles. The fourth-order valence-electron chi connectivity index (χ4n) is 4.38. The maximum Gasteiger partial charge on any atom is 0.348 e. The lowest BCUT2D eigenvalue weighted by Crippen LogP contribution is -2.29. The number of carbonyl (C=O) groups excluding carboxylic acids is 2. The summed E-state index contributed by atoms with van der Waals surface area (Å²) in [5.74, 6) is 0.460. The largest absolute Gasteiger partial charge is 0.462 e. The molecule has 0 spiro atoms. The summed E-state index contributed by atoms with van der Waals surface area (Å²) in [6.45, 7) is 4.02. The van der Waals surface area contributed by atoms with Crippen LogP contribution < -0.4 is 9.64 Å². The number of hydrogen-bond donors (Lipinski definition) is 0. The normalized spacial score (nSPS) is 20.7. The molecule has 3 heterocycles. The van der Waals surface area contributed by atoms with Crippen LogP contribution in [0.15, 0.2) is 89.4 Å². The third-order valence-corrected chi connectivity index (χ3v) is 6.04. The lowest BCUT2D eigenvalue weighted by Gasteiger charge is -2.28. The number of anilines is 1. The van der Waals surface area contributed by atoms with Crippen molar-refractivity contribution in [1.82, 2.24) is 0 Å². The highest BCUT2D eigenvalue weighted by Crippen LogP contribution is 2.32. The monoisotopic (exact) mass is 439 g/mol. The fraction of sp³-hybridized carbons (Fsp3) is 0.214. The Balaban J connectivity index is 1.39. The first kappa shape index (κ1) is 21.0. The van der Waals surface area contributed by atoms with E-state index in [0.29, 0.717) is 28.4 Å². The SMILES string of the molecule is CC1=C/C(=C2\C(=O)Oc3ccccc3C2=O)C=C(C=Cc2ccc(N3CCCCC3)cc2)O1. The molecule has 33 heavy (non-hydrogen) atoms. The molecule has 0 saturated carbocycles. The van der Waals surface area contributed by atoms with Crippen molar-refractivity contribution in [2.45, 2.75) is 26.2 Å². The lowest BCUT2D eigenvalue weighted by molar-refractivity contribution is -0.130. The van der Waals surface area contributed by atoms with Gasteiger partial charge in [0.2, 0.25) is 5.78 Å². The Kier molecular flexibility index (Phi) is 5.69. The summed E-state index contributed by atoms with van der Waals surface area (Å²) in [5, 5.41) is 0. The molecule has 0 N–H and O–H groups in total. The molecule has 3 aliphatic rings. The Labute approximate surface area is 193 Å². The molecular weight excluding hydrogens is 414 g/mol. The molecule has 2 aromatic rings. The summed E-state index contributed by atoms with van der Waals surface area (Å²) in [6.07, 6.45) is 11.0. The van der Waals surface area contributed by atoms with Gasteiger partial charge < -0.3 is 14.4 Å². The van der Waals surface area contributed by atoms with Gasteiger partial charge in [-0.05, 0) is 79.8 Å². The molecule has 5 rings (SSSR count). The summed E-state index contributed by atoms with van der Waals surface area (Å²) in [4.78, 5) is 28.0. The van der Waals surface area contributed by atoms with Gasteiger partial charge in [0.15, 0.2) is 0 Å². The highest BCUT2D eigenvalue weighted by molar-refractivity contribution is 6.28. The van der Waals surface area contributed by atoms with Gasteiger partial charge in [-0.1, -0.05) is 30.3 Å². The number of piperidine rings is 1. The van der Waals surface area contributed by atoms with Crippen molar-refractivity contribution in [1.29, 1.82) is 0 Å². The zero-order chi connectivity index (χ0) is 22.8. The molecule has 0 unspecified atom stereocenters. The molecule has 0 aliphatic carbocycles. The van der Waals surface area contributed by atoms with Crippen LogP contribution in [0.25, 0.3) is 6.08 Å². The van der Waals surface area contributed by atoms with E-state index in [-0.39, 0.29) is 11.4 Å². The number of benzene rings is 2. The summed E-state index contributed by atoms with van der Waals surface area (Å²) in [5.41, 5.74) is 3.19. The number of ether oxygens (including phenoxy) is 2. The first-order valence-corrected chi connectivity index (χ1v) is 11.3. The van der Waals surface area contributed by atoms with Gasteiger partial charge >= 0.3 is 5.97 Å². The number of allylic oxidation sites excluding steroid dienone is 5. The smallest absolute Gasteiger partial charge is 0.348 e. The molecule has 0 amide bonds. The van der Waals surface area contributed by atoms with Gasteiger partial charge in [-0.15, -0.1) is 0 Å². The maximum absolute atomic E-state index is 13.0. The third-order valence-electron chi connectivity index (χ3n) is 6.04. The van der Waals surface area contributed by atoms with Crippen LogP contribution >= 0.6 is 0 Å². The Morgan fingerprint density at radius 1 is 0.848 bits per heavy atom. The van der Waals surface area contributed by atoms with E-state index in [4.69, 9.17) is 9.47 Å². The molecule has 5 nitrogen and oxygen atoms in total. The Morgan fingerprint density at radius 2 is 1.61 bits per heavy atom. The minimum Gasteiger partial charge on any atom is -0.462 e. The summed E-state index contributed by atoms with van der Waals surface area (Å²) in [7, 11) is 0. The van der Waals surface area contributed by atoms with Crippen LogP contribution in [0.5, 0.6) is 5.75 Å². The van der Waals surface area contributed by atoms with Crippen molar-refractivity contribution in [2.75, 3.05) is 18.0 Å². The first-order valence-electron chi connectivity index (χ1n) is 11.3. The predicted octanol–water partition coefficient (Wildman–Crippen LogP) is 5.61. The fourth-order valence-corrected chi connectivity index (χ4v) is 4.38. The quantitative estimate of drug-likeness (QED) is 0.269. The number of ketones is 1. The standard InChI is InChI=1S/C28H25NO4/c1-19-17-21(26-27(30)24-7-3-4-8-25(24)33-28(26)31)18-23(32-19)14-11-20-9-12-22(13-10-20)29-15-5-2-6-16-29/h3-4,7-14,17-18H,2,5-6,15-16H2,1H3/b14-11?,26-21+. The second kappa shape index (κ2) is 8.94. The highest BCUT2D eigenvalue weighted by atomic mass is 16.5. The van der Waals surface area contributed by atoms with Gasteiger partial charge in [0.25, 0.3) is 0 Å². The van der Waals surface area contributed by atoms with Crippen LogP contribution in [0.3, 0.4) is 0 Å². The molecule has 0 atom stereocenters. The number of nitrogens with zero attached hydrogens (tertiary/aromatic N) is 1. The molecule has 0 aromatic heterocycles. The van der Waals surface area contributed by atoms with Gasteiger partial charge in [-0.3, -0.25) is 4.79 Å². The summed E-state index contributed by atoms with van der Waals surface area (Å²) >= 11 is 0. The van der Waals surface area contributed by atoms with Gasteiger partial charge in [0.05, 0.1) is 5.56 Å². The van der Waals surface area contributed by atoms with Gasteiger partial charge in [0, 0.05) is 18.8 Å². The average Bonchev–Trinajstić information content (AvgIpc) is 2.83. The topological polar surface area (TPSA) is 55.8 Å². The number of hydrogen-bond acceptors (Lipinski definition) is 5. The second-order valence-electron chi connectivity index (χ2n) is 8.42. The minimum atomic E-state index is -0.646. The third kappa shape index (κ3) is 4.40. The number of esters is 1. The molecule has 166 valence electrons. The summed E-state index contributed by atoms with van der Waals surface area (Å²) in [6, 6.07) is 15.2. The molecule has 0 bridgehead atoms. The van der Waals surface area contributed by atoms with Crippen molar-refractivity contribution in [2.24, 2.45) is 0 Å². The minimum absolute atomic E-state index is 0.0214. The molecule has 5 heteroatoms. The van der Waals surface area contributed by atoms with Crippen LogP contribution in [0.2, 0.25) is 0 Å². The zero-order valence-electron chi connectivity index (χ0n) is 18.5. The van der Waals surface area contributed by atoms with Crippen molar-refractivity contribution >= 4 is 23.5 Å². The van der Waals surface area contributed by atoms with Crippen molar-refractivity contribution in [3.05, 3.63) is 101 Å². The maximum atomic E-state index is 13.0. The average molecular weight is 440 g/mol. The van der Waals surface area contributed by atoms with E-state index in [1.54, 1.807) is 43.3 Å². The molecule has 1 saturated heterocycles. The van der Waals surface area contributed by atoms with Crippen LogP contribution in [-0.4, -0.2) is 24.8 Å². The van der Waals surface area contributed by atoms with E-state index < -0.39 is 5.97 Å². The number of rotatable bonds is 3. The van der Waals surface area contributed by atoms with Crippen molar-refractivity contribution in [3.63, 3.8) is 0 Å². The number of fused-ring (bicyclic) bond motifs is 1. The van der Waals surface area contributed by atoms with E-state index in [2.05, 4.69) is 29.2 Å². The molecule has 0 radical (unpaired) electrons. The van der Waals surface area contributed by atoms with Gasteiger partial charge in [-0.25, -0.2) is 4.79 Å².